The van der Waals surface area contributed by atoms with Crippen LogP contribution in [0.5, 0.6) is 0 Å². The van der Waals surface area contributed by atoms with E-state index in [1.807, 2.05) is 26.0 Å². The summed E-state index contributed by atoms with van der Waals surface area (Å²) in [5, 5.41) is 20.2. The summed E-state index contributed by atoms with van der Waals surface area (Å²) in [4.78, 5) is 0. The molecule has 16 heavy (non-hydrogen) atoms. The van der Waals surface area contributed by atoms with E-state index < -0.39 is 5.54 Å². The van der Waals surface area contributed by atoms with Gasteiger partial charge in [-0.3, -0.25) is 5.10 Å². The highest BCUT2D eigenvalue weighted by atomic mass is 16.3. The molecular formula is C11H16N4O. The van der Waals surface area contributed by atoms with Gasteiger partial charge in [-0.25, -0.2) is 0 Å². The fourth-order valence-corrected chi connectivity index (χ4v) is 1.52. The van der Waals surface area contributed by atoms with E-state index in [1.54, 1.807) is 6.20 Å². The van der Waals surface area contributed by atoms with Gasteiger partial charge in [-0.2, -0.15) is 5.10 Å². The van der Waals surface area contributed by atoms with Gasteiger partial charge in [0.2, 0.25) is 0 Å². The van der Waals surface area contributed by atoms with Crippen LogP contribution in [0.4, 0.5) is 11.4 Å². The fourth-order valence-electron chi connectivity index (χ4n) is 1.52. The quantitative estimate of drug-likeness (QED) is 0.588. The molecule has 0 atom stereocenters. The zero-order chi connectivity index (χ0) is 11.8. The molecule has 0 amide bonds. The number of nitrogen functional groups attached to an aromatic ring is 1. The summed E-state index contributed by atoms with van der Waals surface area (Å²) < 4.78 is 0. The van der Waals surface area contributed by atoms with Crippen LogP contribution in [0.15, 0.2) is 18.3 Å². The number of nitrogens with two attached hydrogens (primary N) is 1. The summed E-state index contributed by atoms with van der Waals surface area (Å²) in [6.45, 7) is 3.85. The van der Waals surface area contributed by atoms with Crippen molar-refractivity contribution in [2.45, 2.75) is 19.4 Å². The Kier molecular flexibility index (Phi) is 2.47. The maximum absolute atomic E-state index is 9.20. The standard InChI is InChI=1S/C11H16N4O/c1-11(2,6-16)14-10-4-9-7(3-8(10)12)5-13-15-9/h3-5,14,16H,6,12H2,1-2H3,(H,13,15). The topological polar surface area (TPSA) is 87.0 Å². The van der Waals surface area contributed by atoms with Gasteiger partial charge in [0.25, 0.3) is 0 Å². The Morgan fingerprint density at radius 2 is 2.25 bits per heavy atom. The molecule has 5 heteroatoms. The molecule has 0 bridgehead atoms. The predicted molar refractivity (Wildman–Crippen MR) is 65.3 cm³/mol. The third-order valence-electron chi connectivity index (χ3n) is 2.48. The summed E-state index contributed by atoms with van der Waals surface area (Å²) in [6, 6.07) is 3.75. The van der Waals surface area contributed by atoms with Crippen molar-refractivity contribution in [3.05, 3.63) is 18.3 Å². The van der Waals surface area contributed by atoms with E-state index in [0.717, 1.165) is 16.6 Å². The van der Waals surface area contributed by atoms with Gasteiger partial charge in [-0.1, -0.05) is 0 Å². The van der Waals surface area contributed by atoms with Gasteiger partial charge in [0.15, 0.2) is 0 Å². The number of H-pyrrole nitrogens is 1. The van der Waals surface area contributed by atoms with Crippen molar-refractivity contribution in [2.24, 2.45) is 0 Å². The Bertz CT molecular complexity index is 504. The Labute approximate surface area is 93.7 Å². The summed E-state index contributed by atoms with van der Waals surface area (Å²) in [5.74, 6) is 0. The third kappa shape index (κ3) is 1.94. The maximum Gasteiger partial charge on any atom is 0.0672 e. The Hall–Kier alpha value is -1.75. The van der Waals surface area contributed by atoms with E-state index >= 15 is 0 Å². The Balaban J connectivity index is 2.40. The highest BCUT2D eigenvalue weighted by Crippen LogP contribution is 2.26. The monoisotopic (exact) mass is 220 g/mol. The molecule has 1 aromatic heterocycles. The summed E-state index contributed by atoms with van der Waals surface area (Å²) in [7, 11) is 0. The van der Waals surface area contributed by atoms with Gasteiger partial charge >= 0.3 is 0 Å². The zero-order valence-corrected chi connectivity index (χ0v) is 9.41. The molecule has 1 aromatic carbocycles. The average Bonchev–Trinajstić information content (AvgIpc) is 2.65. The summed E-state index contributed by atoms with van der Waals surface area (Å²) in [5.41, 5.74) is 7.89. The number of aromatic amines is 1. The molecule has 0 fully saturated rings. The molecule has 0 radical (unpaired) electrons. The van der Waals surface area contributed by atoms with Crippen molar-refractivity contribution in [1.29, 1.82) is 0 Å². The molecule has 0 saturated carbocycles. The molecule has 2 aromatic rings. The normalized spacial score (nSPS) is 11.9. The van der Waals surface area contributed by atoms with Crippen molar-refractivity contribution in [1.82, 2.24) is 10.2 Å². The van der Waals surface area contributed by atoms with Crippen LogP contribution >= 0.6 is 0 Å². The predicted octanol–water partition coefficient (Wildman–Crippen LogP) is 1.33. The number of hydrogen-bond donors (Lipinski definition) is 4. The Morgan fingerprint density at radius 1 is 1.50 bits per heavy atom. The van der Waals surface area contributed by atoms with Crippen LogP contribution in [0.2, 0.25) is 0 Å². The van der Waals surface area contributed by atoms with Crippen molar-refractivity contribution < 1.29 is 5.11 Å². The molecule has 86 valence electrons. The van der Waals surface area contributed by atoms with Crippen molar-refractivity contribution in [3.63, 3.8) is 0 Å². The van der Waals surface area contributed by atoms with E-state index in [2.05, 4.69) is 15.5 Å². The van der Waals surface area contributed by atoms with Crippen LogP contribution in [-0.2, 0) is 0 Å². The van der Waals surface area contributed by atoms with E-state index in [0.29, 0.717) is 5.69 Å². The average molecular weight is 220 g/mol. The molecule has 0 saturated heterocycles. The molecule has 5 nitrogen and oxygen atoms in total. The fraction of sp³-hybridized carbons (Fsp3) is 0.364. The van der Waals surface area contributed by atoms with Gasteiger partial charge in [0.1, 0.15) is 0 Å². The minimum Gasteiger partial charge on any atom is -0.397 e. The SMILES string of the molecule is CC(C)(CO)Nc1cc2[nH]ncc2cc1N. The minimum absolute atomic E-state index is 0.0352. The number of rotatable bonds is 3. The lowest BCUT2D eigenvalue weighted by Gasteiger charge is -2.25. The van der Waals surface area contributed by atoms with E-state index in [1.165, 1.54) is 0 Å². The van der Waals surface area contributed by atoms with Crippen LogP contribution in [0.1, 0.15) is 13.8 Å². The number of nitrogens with one attached hydrogen (secondary N) is 2. The summed E-state index contributed by atoms with van der Waals surface area (Å²) >= 11 is 0. The lowest BCUT2D eigenvalue weighted by molar-refractivity contribution is 0.234. The molecule has 0 spiro atoms. The summed E-state index contributed by atoms with van der Waals surface area (Å²) in [6.07, 6.45) is 1.73. The molecule has 1 heterocycles. The van der Waals surface area contributed by atoms with Crippen LogP contribution in [-0.4, -0.2) is 27.4 Å². The van der Waals surface area contributed by atoms with E-state index in [-0.39, 0.29) is 6.61 Å². The number of fused-ring (bicyclic) bond motifs is 1. The number of nitrogens with zero attached hydrogens (tertiary/aromatic N) is 1. The molecule has 5 N–H and O–H groups in total. The first kappa shape index (κ1) is 10.8. The Morgan fingerprint density at radius 3 is 2.94 bits per heavy atom. The van der Waals surface area contributed by atoms with Crippen molar-refractivity contribution in [2.75, 3.05) is 17.7 Å². The molecule has 2 rings (SSSR count). The second-order valence-electron chi connectivity index (χ2n) is 4.56. The largest absolute Gasteiger partial charge is 0.397 e. The van der Waals surface area contributed by atoms with E-state index in [9.17, 15) is 5.11 Å². The number of aromatic nitrogens is 2. The maximum atomic E-state index is 9.20. The van der Waals surface area contributed by atoms with Crippen molar-refractivity contribution >= 4 is 22.3 Å². The van der Waals surface area contributed by atoms with Crippen LogP contribution in [0, 0.1) is 0 Å². The van der Waals surface area contributed by atoms with Gasteiger partial charge in [0.05, 0.1) is 35.2 Å². The highest BCUT2D eigenvalue weighted by Gasteiger charge is 2.17. The number of aliphatic hydroxyl groups is 1. The van der Waals surface area contributed by atoms with Gasteiger partial charge < -0.3 is 16.2 Å². The molecule has 0 aliphatic heterocycles. The first-order valence-electron chi connectivity index (χ1n) is 5.13. The third-order valence-corrected chi connectivity index (χ3v) is 2.48. The molecule has 0 aliphatic carbocycles. The van der Waals surface area contributed by atoms with Gasteiger partial charge in [-0.05, 0) is 26.0 Å². The first-order valence-corrected chi connectivity index (χ1v) is 5.13. The molecule has 0 unspecified atom stereocenters. The van der Waals surface area contributed by atoms with Crippen LogP contribution < -0.4 is 11.1 Å². The second-order valence-corrected chi connectivity index (χ2v) is 4.56. The van der Waals surface area contributed by atoms with Gasteiger partial charge in [-0.15, -0.1) is 0 Å². The lowest BCUT2D eigenvalue weighted by atomic mass is 10.1. The second kappa shape index (κ2) is 3.68. The number of aliphatic hydroxyl groups excluding tert-OH is 1. The van der Waals surface area contributed by atoms with Crippen LogP contribution in [0.25, 0.3) is 10.9 Å². The lowest BCUT2D eigenvalue weighted by Crippen LogP contribution is -2.35. The minimum atomic E-state index is -0.401. The highest BCUT2D eigenvalue weighted by molar-refractivity contribution is 5.88. The van der Waals surface area contributed by atoms with E-state index in [4.69, 9.17) is 5.73 Å². The van der Waals surface area contributed by atoms with Crippen molar-refractivity contribution in [3.8, 4) is 0 Å². The number of benzene rings is 1. The number of anilines is 2. The zero-order valence-electron chi connectivity index (χ0n) is 9.41. The van der Waals surface area contributed by atoms with Gasteiger partial charge in [0, 0.05) is 5.39 Å². The first-order chi connectivity index (χ1) is 7.52. The molecular weight excluding hydrogens is 204 g/mol. The van der Waals surface area contributed by atoms with Crippen LogP contribution in [0.3, 0.4) is 0 Å². The molecule has 0 aliphatic rings. The smallest absolute Gasteiger partial charge is 0.0672 e. The number of hydrogen-bond acceptors (Lipinski definition) is 4.